The quantitative estimate of drug-likeness (QED) is 0.717. The number of fused-ring (bicyclic) bond motifs is 1. The van der Waals surface area contributed by atoms with Crippen molar-refractivity contribution in [2.24, 2.45) is 0 Å². The molecule has 118 valence electrons. The number of alkyl halides is 3. The van der Waals surface area contributed by atoms with Crippen LogP contribution in [0.1, 0.15) is 35.2 Å². The Labute approximate surface area is 133 Å². The average molecular weight is 340 g/mol. The van der Waals surface area contributed by atoms with Gasteiger partial charge in [0.25, 0.3) is 0 Å². The summed E-state index contributed by atoms with van der Waals surface area (Å²) < 4.78 is 39.1. The molecular formula is C14H9ClF3N5. The first kappa shape index (κ1) is 14.4. The van der Waals surface area contributed by atoms with E-state index in [1.54, 1.807) is 23.0 Å². The highest BCUT2D eigenvalue weighted by Gasteiger charge is 2.42. The predicted molar refractivity (Wildman–Crippen MR) is 75.1 cm³/mol. The van der Waals surface area contributed by atoms with Gasteiger partial charge in [-0.15, -0.1) is 0 Å². The van der Waals surface area contributed by atoms with Crippen molar-refractivity contribution in [3.8, 4) is 0 Å². The fourth-order valence-electron chi connectivity index (χ4n) is 2.76. The maximum absolute atomic E-state index is 12.5. The van der Waals surface area contributed by atoms with E-state index in [9.17, 15) is 13.2 Å². The molecule has 1 aliphatic carbocycles. The van der Waals surface area contributed by atoms with Gasteiger partial charge in [0.2, 0.25) is 5.82 Å². The largest absolute Gasteiger partial charge is 0.451 e. The Hall–Kier alpha value is -2.22. The van der Waals surface area contributed by atoms with Crippen molar-refractivity contribution >= 4 is 17.2 Å². The maximum Gasteiger partial charge on any atom is 0.451 e. The zero-order valence-electron chi connectivity index (χ0n) is 11.5. The summed E-state index contributed by atoms with van der Waals surface area (Å²) in [6.07, 6.45) is 2.07. The van der Waals surface area contributed by atoms with E-state index in [1.165, 1.54) is 12.4 Å². The maximum atomic E-state index is 12.5. The van der Waals surface area contributed by atoms with Crippen molar-refractivity contribution < 1.29 is 13.2 Å². The van der Waals surface area contributed by atoms with Crippen LogP contribution in [0, 0.1) is 0 Å². The summed E-state index contributed by atoms with van der Waals surface area (Å²) >= 11 is 6.01. The van der Waals surface area contributed by atoms with Crippen molar-refractivity contribution in [2.45, 2.75) is 24.4 Å². The van der Waals surface area contributed by atoms with E-state index in [4.69, 9.17) is 11.6 Å². The number of halogens is 4. The Morgan fingerprint density at radius 2 is 1.87 bits per heavy atom. The van der Waals surface area contributed by atoms with E-state index in [0.717, 1.165) is 12.0 Å². The Morgan fingerprint density at radius 1 is 1.13 bits per heavy atom. The van der Waals surface area contributed by atoms with Gasteiger partial charge >= 0.3 is 6.18 Å². The molecule has 0 radical (unpaired) electrons. The number of aromatic nitrogens is 5. The second kappa shape index (κ2) is 4.89. The van der Waals surface area contributed by atoms with Gasteiger partial charge in [-0.3, -0.25) is 0 Å². The molecule has 1 aliphatic rings. The van der Waals surface area contributed by atoms with E-state index < -0.39 is 12.0 Å². The molecule has 1 saturated carbocycles. The van der Waals surface area contributed by atoms with Gasteiger partial charge in [0, 0.05) is 30.4 Å². The summed E-state index contributed by atoms with van der Waals surface area (Å²) in [7, 11) is 0. The molecule has 23 heavy (non-hydrogen) atoms. The number of hydrogen-bond acceptors (Lipinski definition) is 4. The van der Waals surface area contributed by atoms with Gasteiger partial charge in [-0.1, -0.05) is 11.6 Å². The summed E-state index contributed by atoms with van der Waals surface area (Å²) in [4.78, 5) is 11.1. The Bertz CT molecular complexity index is 874. The lowest BCUT2D eigenvalue weighted by Gasteiger charge is -2.06. The summed E-state index contributed by atoms with van der Waals surface area (Å²) in [6.45, 7) is 0. The van der Waals surface area contributed by atoms with Gasteiger partial charge in [0.15, 0.2) is 5.65 Å². The summed E-state index contributed by atoms with van der Waals surface area (Å²) in [6, 6.07) is 1.75. The number of rotatable bonds is 2. The van der Waals surface area contributed by atoms with Crippen LogP contribution in [-0.4, -0.2) is 24.6 Å². The van der Waals surface area contributed by atoms with E-state index in [0.29, 0.717) is 16.4 Å². The van der Waals surface area contributed by atoms with E-state index in [-0.39, 0.29) is 11.8 Å². The summed E-state index contributed by atoms with van der Waals surface area (Å²) in [5.74, 6) is -0.932. The normalized spacial score (nSPS) is 20.9. The zero-order chi connectivity index (χ0) is 16.2. The molecule has 0 amide bonds. The molecule has 0 N–H and O–H groups in total. The van der Waals surface area contributed by atoms with Gasteiger partial charge in [0.05, 0.1) is 0 Å². The lowest BCUT2D eigenvalue weighted by atomic mass is 10.1. The van der Waals surface area contributed by atoms with E-state index >= 15 is 0 Å². The SMILES string of the molecule is FC(F)(F)c1ncc([C@H]2C[C@@H]2c2cc(Cl)nn3ccnc23)cn1. The lowest BCUT2D eigenvalue weighted by molar-refractivity contribution is -0.145. The highest BCUT2D eigenvalue weighted by atomic mass is 35.5. The third-order valence-electron chi connectivity index (χ3n) is 3.90. The molecule has 5 nitrogen and oxygen atoms in total. The summed E-state index contributed by atoms with van der Waals surface area (Å²) in [5.41, 5.74) is 2.32. The first-order valence-corrected chi connectivity index (χ1v) is 7.20. The van der Waals surface area contributed by atoms with Crippen LogP contribution in [0.2, 0.25) is 5.15 Å². The fourth-order valence-corrected chi connectivity index (χ4v) is 2.96. The van der Waals surface area contributed by atoms with Crippen LogP contribution < -0.4 is 0 Å². The van der Waals surface area contributed by atoms with Crippen LogP contribution >= 0.6 is 11.6 Å². The van der Waals surface area contributed by atoms with Gasteiger partial charge in [0.1, 0.15) is 5.15 Å². The van der Waals surface area contributed by atoms with Gasteiger partial charge < -0.3 is 0 Å². The molecule has 4 rings (SSSR count). The van der Waals surface area contributed by atoms with Crippen molar-refractivity contribution in [1.29, 1.82) is 0 Å². The van der Waals surface area contributed by atoms with Crippen molar-refractivity contribution in [2.75, 3.05) is 0 Å². The molecule has 3 aromatic heterocycles. The Morgan fingerprint density at radius 3 is 2.57 bits per heavy atom. The number of imidazole rings is 1. The lowest BCUT2D eigenvalue weighted by Crippen LogP contribution is -2.10. The van der Waals surface area contributed by atoms with Crippen LogP contribution in [0.25, 0.3) is 5.65 Å². The minimum atomic E-state index is -4.53. The fraction of sp³-hybridized carbons (Fsp3) is 0.286. The van der Waals surface area contributed by atoms with E-state index in [1.807, 2.05) is 0 Å². The Kier molecular flexibility index (Phi) is 3.06. The second-order valence-corrected chi connectivity index (χ2v) is 5.79. The monoisotopic (exact) mass is 339 g/mol. The van der Waals surface area contributed by atoms with Crippen molar-refractivity contribution in [3.63, 3.8) is 0 Å². The molecule has 0 unspecified atom stereocenters. The number of nitrogens with zero attached hydrogens (tertiary/aromatic N) is 5. The molecule has 2 atom stereocenters. The molecule has 0 saturated heterocycles. The molecule has 0 spiro atoms. The van der Waals surface area contributed by atoms with Crippen molar-refractivity contribution in [1.82, 2.24) is 24.6 Å². The van der Waals surface area contributed by atoms with Crippen LogP contribution in [-0.2, 0) is 6.18 Å². The minimum absolute atomic E-state index is 0.0660. The molecule has 3 aromatic rings. The molecule has 1 fully saturated rings. The first-order chi connectivity index (χ1) is 10.9. The van der Waals surface area contributed by atoms with Crippen LogP contribution in [0.5, 0.6) is 0 Å². The van der Waals surface area contributed by atoms with Crippen molar-refractivity contribution in [3.05, 3.63) is 53.0 Å². The standard InChI is InChI=1S/C14H9ClF3N5/c15-11-4-10(12-19-1-2-23(12)22-11)9-3-8(9)7-5-20-13(21-6-7)14(16,17)18/h1-2,4-6,8-9H,3H2/t8-,9+/m1/s1. The minimum Gasteiger partial charge on any atom is -0.235 e. The van der Waals surface area contributed by atoms with Gasteiger partial charge in [-0.25, -0.2) is 19.5 Å². The topological polar surface area (TPSA) is 56.0 Å². The Balaban J connectivity index is 1.63. The third-order valence-corrected chi connectivity index (χ3v) is 4.09. The highest BCUT2D eigenvalue weighted by molar-refractivity contribution is 6.29. The molecular weight excluding hydrogens is 331 g/mol. The van der Waals surface area contributed by atoms with Crippen LogP contribution in [0.3, 0.4) is 0 Å². The third kappa shape index (κ3) is 2.52. The molecule has 0 bridgehead atoms. The zero-order valence-corrected chi connectivity index (χ0v) is 12.3. The highest BCUT2D eigenvalue weighted by Crippen LogP contribution is 2.55. The smallest absolute Gasteiger partial charge is 0.235 e. The second-order valence-electron chi connectivity index (χ2n) is 5.40. The first-order valence-electron chi connectivity index (χ1n) is 6.82. The van der Waals surface area contributed by atoms with Crippen LogP contribution in [0.4, 0.5) is 13.2 Å². The predicted octanol–water partition coefficient (Wildman–Crippen LogP) is 3.46. The van der Waals surface area contributed by atoms with E-state index in [2.05, 4.69) is 20.1 Å². The van der Waals surface area contributed by atoms with Crippen LogP contribution in [0.15, 0.2) is 30.9 Å². The number of hydrogen-bond donors (Lipinski definition) is 0. The molecule has 3 heterocycles. The van der Waals surface area contributed by atoms with Gasteiger partial charge in [-0.05, 0) is 29.9 Å². The summed E-state index contributed by atoms with van der Waals surface area (Å²) in [5, 5.41) is 4.46. The van der Waals surface area contributed by atoms with Gasteiger partial charge in [-0.2, -0.15) is 18.3 Å². The molecule has 9 heteroatoms. The molecule has 0 aliphatic heterocycles. The average Bonchev–Trinajstić information content (AvgIpc) is 3.16. The molecule has 0 aromatic carbocycles.